The number of rotatable bonds is 6. The summed E-state index contributed by atoms with van der Waals surface area (Å²) in [4.78, 5) is 24.5. The van der Waals surface area contributed by atoms with Gasteiger partial charge in [0.05, 0.1) is 32.4 Å². The highest BCUT2D eigenvalue weighted by Gasteiger charge is 2.36. The summed E-state index contributed by atoms with van der Waals surface area (Å²) in [6.45, 7) is 2.75. The molecule has 2 aliphatic heterocycles. The topological polar surface area (TPSA) is 114 Å². The molecule has 2 unspecified atom stereocenters. The Morgan fingerprint density at radius 1 is 1.15 bits per heavy atom. The van der Waals surface area contributed by atoms with Gasteiger partial charge in [0.2, 0.25) is 0 Å². The van der Waals surface area contributed by atoms with Crippen LogP contribution in [-0.2, 0) is 28.5 Å². The summed E-state index contributed by atoms with van der Waals surface area (Å²) in [6, 6.07) is 0. The number of aromatic nitrogens is 3. The van der Waals surface area contributed by atoms with Crippen molar-refractivity contribution >= 4 is 0 Å². The molecule has 1 aromatic rings. The Hall–Kier alpha value is -1.42. The first-order valence-corrected chi connectivity index (χ1v) is 6.55. The standard InChI is InChI=1S/C11H17N3O6/c1-2-11(17,18)14-10(16)12(3-7-5-19-7)9(15)13(14)4-8-6-20-8/h7-8,17-18H,2-6H2,1H3. The van der Waals surface area contributed by atoms with Crippen LogP contribution in [0.3, 0.4) is 0 Å². The Balaban J connectivity index is 2.08. The lowest BCUT2D eigenvalue weighted by atomic mass is 10.4. The first kappa shape index (κ1) is 13.6. The summed E-state index contributed by atoms with van der Waals surface area (Å²) >= 11 is 0. The molecule has 0 radical (unpaired) electrons. The van der Waals surface area contributed by atoms with Crippen molar-refractivity contribution in [3.63, 3.8) is 0 Å². The van der Waals surface area contributed by atoms with E-state index in [2.05, 4.69) is 0 Å². The third-order valence-corrected chi connectivity index (χ3v) is 3.49. The monoisotopic (exact) mass is 287 g/mol. The summed E-state index contributed by atoms with van der Waals surface area (Å²) in [5.41, 5.74) is -1.33. The van der Waals surface area contributed by atoms with Crippen LogP contribution in [0.2, 0.25) is 0 Å². The predicted molar refractivity (Wildman–Crippen MR) is 65.1 cm³/mol. The summed E-state index contributed by atoms with van der Waals surface area (Å²) in [5, 5.41) is 19.9. The molecule has 2 aliphatic rings. The molecule has 0 aromatic carbocycles. The summed E-state index contributed by atoms with van der Waals surface area (Å²) in [5.74, 6) is -2.40. The molecule has 0 saturated carbocycles. The third-order valence-electron chi connectivity index (χ3n) is 3.49. The lowest BCUT2D eigenvalue weighted by molar-refractivity contribution is -0.245. The minimum atomic E-state index is -2.40. The minimum absolute atomic E-state index is 0.121. The smallest absolute Gasteiger partial charge is 0.351 e. The number of epoxide rings is 2. The molecule has 0 aliphatic carbocycles. The van der Waals surface area contributed by atoms with Gasteiger partial charge in [-0.25, -0.2) is 18.8 Å². The second-order valence-electron chi connectivity index (χ2n) is 5.11. The quantitative estimate of drug-likeness (QED) is 0.446. The van der Waals surface area contributed by atoms with Crippen LogP contribution in [0.5, 0.6) is 0 Å². The lowest BCUT2D eigenvalue weighted by Gasteiger charge is -2.22. The molecule has 3 rings (SSSR count). The van der Waals surface area contributed by atoms with Crippen LogP contribution in [-0.4, -0.2) is 49.6 Å². The Bertz CT molecular complexity index is 619. The second kappa shape index (κ2) is 4.55. The zero-order valence-corrected chi connectivity index (χ0v) is 11.1. The van der Waals surface area contributed by atoms with E-state index in [9.17, 15) is 19.8 Å². The first-order chi connectivity index (χ1) is 9.44. The van der Waals surface area contributed by atoms with Crippen LogP contribution in [0.4, 0.5) is 0 Å². The lowest BCUT2D eigenvalue weighted by Crippen LogP contribution is -2.45. The van der Waals surface area contributed by atoms with Crippen LogP contribution >= 0.6 is 0 Å². The summed E-state index contributed by atoms with van der Waals surface area (Å²) in [6.07, 6.45) is -0.448. The Morgan fingerprint density at radius 3 is 2.20 bits per heavy atom. The molecule has 0 amide bonds. The molecule has 9 nitrogen and oxygen atoms in total. The van der Waals surface area contributed by atoms with Crippen LogP contribution in [0, 0.1) is 0 Å². The molecule has 20 heavy (non-hydrogen) atoms. The van der Waals surface area contributed by atoms with Crippen LogP contribution in [0.1, 0.15) is 13.3 Å². The summed E-state index contributed by atoms with van der Waals surface area (Å²) in [7, 11) is 0. The molecular weight excluding hydrogens is 270 g/mol. The van der Waals surface area contributed by atoms with Crippen LogP contribution in [0.25, 0.3) is 0 Å². The molecule has 2 atom stereocenters. The van der Waals surface area contributed by atoms with Gasteiger partial charge in [0.1, 0.15) is 6.10 Å². The maximum atomic E-state index is 12.3. The van der Waals surface area contributed by atoms with Crippen molar-refractivity contribution in [1.82, 2.24) is 13.9 Å². The van der Waals surface area contributed by atoms with E-state index in [1.165, 1.54) is 6.92 Å². The Kier molecular flexibility index (Phi) is 3.09. The predicted octanol–water partition coefficient (Wildman–Crippen LogP) is -2.39. The van der Waals surface area contributed by atoms with Crippen molar-refractivity contribution in [1.29, 1.82) is 0 Å². The molecule has 0 bridgehead atoms. The van der Waals surface area contributed by atoms with Crippen molar-refractivity contribution in [2.75, 3.05) is 13.2 Å². The fraction of sp³-hybridized carbons (Fsp3) is 0.818. The van der Waals surface area contributed by atoms with E-state index < -0.39 is 17.3 Å². The zero-order valence-electron chi connectivity index (χ0n) is 11.1. The Labute approximate surface area is 113 Å². The van der Waals surface area contributed by atoms with Crippen LogP contribution in [0.15, 0.2) is 9.59 Å². The number of hydrogen-bond acceptors (Lipinski definition) is 6. The van der Waals surface area contributed by atoms with Crippen molar-refractivity contribution in [3.8, 4) is 0 Å². The number of aliphatic hydroxyl groups is 2. The van der Waals surface area contributed by atoms with Gasteiger partial charge in [0.15, 0.2) is 0 Å². The highest BCUT2D eigenvalue weighted by molar-refractivity contribution is 4.84. The van der Waals surface area contributed by atoms with E-state index in [-0.39, 0.29) is 31.7 Å². The largest absolute Gasteiger partial charge is 0.371 e. The molecule has 2 saturated heterocycles. The molecule has 2 fully saturated rings. The van der Waals surface area contributed by atoms with E-state index in [0.717, 1.165) is 9.25 Å². The van der Waals surface area contributed by atoms with Gasteiger partial charge in [0, 0.05) is 6.42 Å². The molecule has 9 heteroatoms. The van der Waals surface area contributed by atoms with Crippen molar-refractivity contribution in [2.24, 2.45) is 0 Å². The van der Waals surface area contributed by atoms with Gasteiger partial charge >= 0.3 is 11.4 Å². The van der Waals surface area contributed by atoms with E-state index >= 15 is 0 Å². The molecule has 1 aromatic heterocycles. The molecule has 112 valence electrons. The molecular formula is C11H17N3O6. The average molecular weight is 287 g/mol. The highest BCUT2D eigenvalue weighted by atomic mass is 16.6. The fourth-order valence-corrected chi connectivity index (χ4v) is 2.08. The first-order valence-electron chi connectivity index (χ1n) is 6.55. The minimum Gasteiger partial charge on any atom is -0.371 e. The van der Waals surface area contributed by atoms with Gasteiger partial charge in [-0.05, 0) is 0 Å². The zero-order chi connectivity index (χ0) is 14.5. The highest BCUT2D eigenvalue weighted by Crippen LogP contribution is 2.15. The van der Waals surface area contributed by atoms with Crippen molar-refractivity contribution in [3.05, 3.63) is 21.0 Å². The Morgan fingerprint density at radius 2 is 1.70 bits per heavy atom. The number of ether oxygens (including phenoxy) is 2. The third kappa shape index (κ3) is 2.33. The number of hydrogen-bond donors (Lipinski definition) is 2. The van der Waals surface area contributed by atoms with Gasteiger partial charge in [-0.2, -0.15) is 4.68 Å². The van der Waals surface area contributed by atoms with Gasteiger partial charge in [0.25, 0.3) is 5.91 Å². The van der Waals surface area contributed by atoms with E-state index in [1.807, 2.05) is 0 Å². The van der Waals surface area contributed by atoms with Gasteiger partial charge in [-0.15, -0.1) is 0 Å². The average Bonchev–Trinajstić information content (AvgIpc) is 3.27. The maximum absolute atomic E-state index is 12.3. The molecule has 3 heterocycles. The normalized spacial score (nSPS) is 24.9. The van der Waals surface area contributed by atoms with Crippen molar-refractivity contribution < 1.29 is 19.7 Å². The van der Waals surface area contributed by atoms with E-state index in [1.54, 1.807) is 0 Å². The molecule has 0 spiro atoms. The second-order valence-corrected chi connectivity index (χ2v) is 5.11. The van der Waals surface area contributed by atoms with Crippen molar-refractivity contribution in [2.45, 2.75) is 44.6 Å². The van der Waals surface area contributed by atoms with E-state index in [4.69, 9.17) is 9.47 Å². The van der Waals surface area contributed by atoms with E-state index in [0.29, 0.717) is 17.9 Å². The fourth-order valence-electron chi connectivity index (χ4n) is 2.08. The van der Waals surface area contributed by atoms with Gasteiger partial charge in [-0.1, -0.05) is 6.92 Å². The summed E-state index contributed by atoms with van der Waals surface area (Å²) < 4.78 is 12.7. The van der Waals surface area contributed by atoms with Gasteiger partial charge in [-0.3, -0.25) is 0 Å². The maximum Gasteiger partial charge on any atom is 0.351 e. The van der Waals surface area contributed by atoms with Gasteiger partial charge < -0.3 is 19.7 Å². The number of nitrogens with zero attached hydrogens (tertiary/aromatic N) is 3. The molecule has 2 N–H and O–H groups in total. The SMILES string of the molecule is CCC(O)(O)n1c(=O)n(CC2CO2)c(=O)n1CC1CO1. The van der Waals surface area contributed by atoms with Crippen LogP contribution < -0.4 is 11.4 Å².